The topological polar surface area (TPSA) is 47.3 Å². The molecule has 1 saturated carbocycles. The van der Waals surface area contributed by atoms with E-state index in [1.54, 1.807) is 11.9 Å². The molecule has 0 aromatic rings. The van der Waals surface area contributed by atoms with E-state index >= 15 is 0 Å². The predicted molar refractivity (Wildman–Crippen MR) is 74.4 cm³/mol. The van der Waals surface area contributed by atoms with Gasteiger partial charge in [-0.2, -0.15) is 5.26 Å². The maximum absolute atomic E-state index is 12.1. The third-order valence-electron chi connectivity index (χ3n) is 4.72. The normalized spacial score (nSPS) is 27.4. The quantitative estimate of drug-likeness (QED) is 0.778. The Hall–Kier alpha value is -1.08. The second-order valence-corrected chi connectivity index (χ2v) is 6.05. The van der Waals surface area contributed by atoms with Crippen LogP contribution in [0.1, 0.15) is 38.5 Å². The minimum Gasteiger partial charge on any atom is -0.344 e. The molecule has 2 atom stereocenters. The van der Waals surface area contributed by atoms with Crippen LogP contribution in [0.15, 0.2) is 0 Å². The van der Waals surface area contributed by atoms with Crippen LogP contribution in [0.25, 0.3) is 0 Å². The van der Waals surface area contributed by atoms with Gasteiger partial charge in [-0.05, 0) is 31.2 Å². The Bertz CT molecular complexity index is 350. The van der Waals surface area contributed by atoms with Gasteiger partial charge in [-0.25, -0.2) is 0 Å². The summed E-state index contributed by atoms with van der Waals surface area (Å²) in [6.45, 7) is 3.25. The van der Waals surface area contributed by atoms with Crippen LogP contribution in [0.3, 0.4) is 0 Å². The fourth-order valence-electron chi connectivity index (χ4n) is 3.47. The predicted octanol–water partition coefficient (Wildman–Crippen LogP) is 1.87. The molecular weight excluding hydrogens is 238 g/mol. The zero-order valence-electron chi connectivity index (χ0n) is 12.0. The molecule has 0 spiro atoms. The highest BCUT2D eigenvalue weighted by molar-refractivity contribution is 5.78. The molecule has 1 saturated heterocycles. The van der Waals surface area contributed by atoms with Crippen molar-refractivity contribution in [3.63, 3.8) is 0 Å². The number of rotatable bonds is 4. The average molecular weight is 263 g/mol. The number of piperidine rings is 1. The lowest BCUT2D eigenvalue weighted by Crippen LogP contribution is -2.46. The lowest BCUT2D eigenvalue weighted by molar-refractivity contribution is -0.131. The van der Waals surface area contributed by atoms with Crippen LogP contribution >= 0.6 is 0 Å². The second-order valence-electron chi connectivity index (χ2n) is 6.05. The fraction of sp³-hybridized carbons (Fsp3) is 0.867. The van der Waals surface area contributed by atoms with Crippen LogP contribution in [-0.4, -0.2) is 48.9 Å². The molecule has 1 heterocycles. The van der Waals surface area contributed by atoms with Gasteiger partial charge in [0.15, 0.2) is 0 Å². The fourth-order valence-corrected chi connectivity index (χ4v) is 3.47. The average Bonchev–Trinajstić information content (AvgIpc) is 2.44. The van der Waals surface area contributed by atoms with Crippen LogP contribution < -0.4 is 0 Å². The van der Waals surface area contributed by atoms with Crippen molar-refractivity contribution in [3.05, 3.63) is 0 Å². The standard InChI is InChI=1S/C15H25N3O/c1-17(9-4-8-16)15(19)12-18-10-7-13-5-2-3-6-14(13)11-18/h13-14H,2-7,9-12H2,1H3/t13-,14-/m0/s1. The Morgan fingerprint density at radius 1 is 1.32 bits per heavy atom. The first-order valence-corrected chi connectivity index (χ1v) is 7.54. The van der Waals surface area contributed by atoms with Crippen molar-refractivity contribution in [1.82, 2.24) is 9.80 Å². The smallest absolute Gasteiger partial charge is 0.236 e. The molecule has 2 aliphatic rings. The lowest BCUT2D eigenvalue weighted by Gasteiger charge is -2.41. The van der Waals surface area contributed by atoms with Crippen LogP contribution in [0.4, 0.5) is 0 Å². The minimum absolute atomic E-state index is 0.157. The Morgan fingerprint density at radius 3 is 2.79 bits per heavy atom. The molecular formula is C15H25N3O. The molecule has 19 heavy (non-hydrogen) atoms. The largest absolute Gasteiger partial charge is 0.344 e. The number of hydrogen-bond donors (Lipinski definition) is 0. The van der Waals surface area contributed by atoms with E-state index in [2.05, 4.69) is 11.0 Å². The molecule has 1 aliphatic heterocycles. The van der Waals surface area contributed by atoms with Crippen molar-refractivity contribution < 1.29 is 4.79 Å². The van der Waals surface area contributed by atoms with Crippen LogP contribution in [0.2, 0.25) is 0 Å². The van der Waals surface area contributed by atoms with Crippen molar-refractivity contribution in [3.8, 4) is 6.07 Å². The molecule has 106 valence electrons. The summed E-state index contributed by atoms with van der Waals surface area (Å²) in [5.41, 5.74) is 0. The zero-order chi connectivity index (χ0) is 13.7. The Balaban J connectivity index is 1.77. The van der Waals surface area contributed by atoms with Gasteiger partial charge >= 0.3 is 0 Å². The van der Waals surface area contributed by atoms with Crippen molar-refractivity contribution in [1.29, 1.82) is 5.26 Å². The third kappa shape index (κ3) is 3.94. The zero-order valence-corrected chi connectivity index (χ0v) is 12.0. The summed E-state index contributed by atoms with van der Waals surface area (Å²) in [5.74, 6) is 1.89. The van der Waals surface area contributed by atoms with Gasteiger partial charge in [0.1, 0.15) is 0 Å². The molecule has 1 amide bonds. The summed E-state index contributed by atoms with van der Waals surface area (Å²) in [5, 5.41) is 8.55. The first-order valence-electron chi connectivity index (χ1n) is 7.54. The summed E-state index contributed by atoms with van der Waals surface area (Å²) in [6, 6.07) is 2.09. The van der Waals surface area contributed by atoms with E-state index in [1.165, 1.54) is 32.1 Å². The van der Waals surface area contributed by atoms with Crippen molar-refractivity contribution >= 4 is 5.91 Å². The number of amides is 1. The van der Waals surface area contributed by atoms with E-state index in [0.29, 0.717) is 19.5 Å². The van der Waals surface area contributed by atoms with Crippen molar-refractivity contribution in [2.75, 3.05) is 33.2 Å². The van der Waals surface area contributed by atoms with Gasteiger partial charge in [-0.3, -0.25) is 9.69 Å². The summed E-state index contributed by atoms with van der Waals surface area (Å²) in [6.07, 6.45) is 7.20. The van der Waals surface area contributed by atoms with E-state index in [9.17, 15) is 4.79 Å². The number of nitriles is 1. The maximum Gasteiger partial charge on any atom is 0.236 e. The van der Waals surface area contributed by atoms with Gasteiger partial charge in [0, 0.05) is 20.1 Å². The third-order valence-corrected chi connectivity index (χ3v) is 4.72. The molecule has 1 aliphatic carbocycles. The number of carbonyl (C=O) groups is 1. The van der Waals surface area contributed by atoms with Gasteiger partial charge in [-0.15, -0.1) is 0 Å². The molecule has 0 unspecified atom stereocenters. The van der Waals surface area contributed by atoms with E-state index in [0.717, 1.165) is 24.9 Å². The van der Waals surface area contributed by atoms with Crippen LogP contribution in [0, 0.1) is 23.2 Å². The lowest BCUT2D eigenvalue weighted by atomic mass is 9.75. The Labute approximate surface area is 116 Å². The summed E-state index contributed by atoms with van der Waals surface area (Å²) < 4.78 is 0. The molecule has 0 aromatic carbocycles. The number of likely N-dealkylation sites (N-methyl/N-ethyl adjacent to an activating group) is 1. The van der Waals surface area contributed by atoms with Crippen LogP contribution in [-0.2, 0) is 4.79 Å². The van der Waals surface area contributed by atoms with Crippen molar-refractivity contribution in [2.45, 2.75) is 38.5 Å². The summed E-state index contributed by atoms with van der Waals surface area (Å²) in [7, 11) is 1.80. The molecule has 2 rings (SSSR count). The summed E-state index contributed by atoms with van der Waals surface area (Å²) in [4.78, 5) is 16.1. The molecule has 0 aromatic heterocycles. The number of nitrogens with zero attached hydrogens (tertiary/aromatic N) is 3. The second kappa shape index (κ2) is 6.91. The van der Waals surface area contributed by atoms with E-state index in [1.807, 2.05) is 0 Å². The van der Waals surface area contributed by atoms with Crippen LogP contribution in [0.5, 0.6) is 0 Å². The highest BCUT2D eigenvalue weighted by atomic mass is 16.2. The summed E-state index contributed by atoms with van der Waals surface area (Å²) >= 11 is 0. The van der Waals surface area contributed by atoms with Gasteiger partial charge in [0.25, 0.3) is 0 Å². The first-order chi connectivity index (χ1) is 9.20. The highest BCUT2D eigenvalue weighted by Gasteiger charge is 2.31. The molecule has 0 radical (unpaired) electrons. The highest BCUT2D eigenvalue weighted by Crippen LogP contribution is 2.35. The number of hydrogen-bond acceptors (Lipinski definition) is 3. The van der Waals surface area contributed by atoms with Gasteiger partial charge in [0.05, 0.1) is 19.0 Å². The number of likely N-dealkylation sites (tertiary alicyclic amines) is 1. The molecule has 0 N–H and O–H groups in total. The number of fused-ring (bicyclic) bond motifs is 1. The van der Waals surface area contributed by atoms with E-state index in [-0.39, 0.29) is 5.91 Å². The maximum atomic E-state index is 12.1. The van der Waals surface area contributed by atoms with Gasteiger partial charge < -0.3 is 4.90 Å². The molecule has 4 nitrogen and oxygen atoms in total. The van der Waals surface area contributed by atoms with Crippen molar-refractivity contribution in [2.24, 2.45) is 11.8 Å². The Kier molecular flexibility index (Phi) is 5.21. The monoisotopic (exact) mass is 263 g/mol. The minimum atomic E-state index is 0.157. The van der Waals surface area contributed by atoms with Gasteiger partial charge in [-0.1, -0.05) is 19.3 Å². The molecule has 4 heteroatoms. The first kappa shape index (κ1) is 14.3. The van der Waals surface area contributed by atoms with Gasteiger partial charge in [0.2, 0.25) is 5.91 Å². The number of carbonyl (C=O) groups excluding carboxylic acids is 1. The Morgan fingerprint density at radius 2 is 2.05 bits per heavy atom. The molecule has 2 fully saturated rings. The SMILES string of the molecule is CN(CCC#N)C(=O)CN1CC[C@@H]2CCCC[C@H]2C1. The molecule has 0 bridgehead atoms. The van der Waals surface area contributed by atoms with E-state index in [4.69, 9.17) is 5.26 Å². The van der Waals surface area contributed by atoms with E-state index < -0.39 is 0 Å².